The van der Waals surface area contributed by atoms with Crippen molar-refractivity contribution < 1.29 is 101 Å². The van der Waals surface area contributed by atoms with Crippen molar-refractivity contribution in [2.24, 2.45) is 0 Å². The first-order valence-corrected chi connectivity index (χ1v) is 48.9. The number of phosphoric acid groups is 1. The number of aliphatic hydroxyl groups is 4. The van der Waals surface area contributed by atoms with Crippen LogP contribution in [0.15, 0.2) is 0 Å². The maximum absolute atomic E-state index is 15.1. The summed E-state index contributed by atoms with van der Waals surface area (Å²) in [6.45, 7) is 11.3. The second-order valence-corrected chi connectivity index (χ2v) is 35.0. The Hall–Kier alpha value is -3.35. The van der Waals surface area contributed by atoms with Crippen LogP contribution in [0.25, 0.3) is 0 Å². The predicted octanol–water partition coefficient (Wildman–Crippen LogP) is 20.0. The second kappa shape index (κ2) is 72.3. The van der Waals surface area contributed by atoms with Gasteiger partial charge in [0.2, 0.25) is 11.8 Å². The molecule has 0 aromatic heterocycles. The highest BCUT2D eigenvalue weighted by atomic mass is 31.2. The van der Waals surface area contributed by atoms with Crippen LogP contribution >= 0.6 is 7.82 Å². The van der Waals surface area contributed by atoms with Crippen molar-refractivity contribution in [1.29, 1.82) is 0 Å². The largest absolute Gasteiger partial charge is 0.470 e. The Morgan fingerprint density at radius 2 is 0.739 bits per heavy atom. The minimum absolute atomic E-state index is 0.127. The van der Waals surface area contributed by atoms with Crippen LogP contribution in [0.5, 0.6) is 0 Å². The summed E-state index contributed by atoms with van der Waals surface area (Å²) in [4.78, 5) is 107. The maximum atomic E-state index is 15.1. The van der Waals surface area contributed by atoms with Gasteiger partial charge in [0.05, 0.1) is 76.0 Å². The van der Waals surface area contributed by atoms with Gasteiger partial charge in [0.25, 0.3) is 0 Å². The normalized spacial score (nSPS) is 20.4. The molecule has 2 fully saturated rings. The van der Waals surface area contributed by atoms with Gasteiger partial charge in [-0.1, -0.05) is 350 Å². The molecule has 2 rings (SSSR count). The van der Waals surface area contributed by atoms with E-state index in [-0.39, 0.29) is 32.5 Å². The first-order valence-electron chi connectivity index (χ1n) is 47.3. The first-order chi connectivity index (χ1) is 55.7. The third-order valence-corrected chi connectivity index (χ3v) is 23.3. The van der Waals surface area contributed by atoms with Crippen molar-refractivity contribution in [1.82, 2.24) is 10.6 Å². The number of nitrogens with one attached hydrogen (secondary N) is 2. The van der Waals surface area contributed by atoms with Crippen molar-refractivity contribution in [2.45, 2.75) is 525 Å². The Kier molecular flexibility index (Phi) is 67.7. The summed E-state index contributed by atoms with van der Waals surface area (Å²) in [6, 6.07) is -2.94. The molecule has 13 atom stereocenters. The van der Waals surface area contributed by atoms with Gasteiger partial charge in [0, 0.05) is 19.3 Å². The molecule has 2 aliphatic heterocycles. The summed E-state index contributed by atoms with van der Waals surface area (Å²) < 4.78 is 62.6. The molecular formula is C91H171N2O21P. The lowest BCUT2D eigenvalue weighted by Gasteiger charge is -2.46. The van der Waals surface area contributed by atoms with Crippen molar-refractivity contribution in [3.8, 4) is 0 Å². The van der Waals surface area contributed by atoms with Gasteiger partial charge in [-0.2, -0.15) is 0 Å². The molecule has 0 bridgehead atoms. The van der Waals surface area contributed by atoms with Gasteiger partial charge in [0.1, 0.15) is 36.6 Å². The lowest BCUT2D eigenvalue weighted by atomic mass is 9.95. The Bertz CT molecular complexity index is 2430. The molecule has 2 aliphatic rings. The van der Waals surface area contributed by atoms with E-state index in [0.29, 0.717) is 57.8 Å². The third kappa shape index (κ3) is 58.3. The summed E-state index contributed by atoms with van der Waals surface area (Å²) >= 11 is 0. The molecule has 0 saturated carbocycles. The Labute approximate surface area is 697 Å². The van der Waals surface area contributed by atoms with Crippen LogP contribution in [0.1, 0.15) is 446 Å². The zero-order chi connectivity index (χ0) is 84.2. The highest BCUT2D eigenvalue weighted by Crippen LogP contribution is 2.43. The number of ether oxygens (including phenoxy) is 7. The highest BCUT2D eigenvalue weighted by molar-refractivity contribution is 7.46. The molecule has 23 nitrogen and oxygen atoms in total. The fraction of sp³-hybridized carbons (Fsp3) is 0.934. The molecule has 0 aromatic carbocycles. The molecule has 0 spiro atoms. The topological polar surface area (TPSA) is 339 Å². The number of hydrogen-bond acceptors (Lipinski definition) is 19. The Morgan fingerprint density at radius 1 is 0.400 bits per heavy atom. The monoisotopic (exact) mass is 1660 g/mol. The fourth-order valence-corrected chi connectivity index (χ4v) is 16.4. The standard InChI is InChI=1S/C91H171N2O21P/c1-7-13-19-25-31-37-39-45-51-57-63-83(100)108-75(61-55-49-43-35-29-23-17-11-5)68-82(99)93-87-90(113-86(103)69-76(62-56-50-44-36-30-24-18-12-6)109-84(101)64-58-52-46-40-38-32-26-20-14-8-2)89(114-115(104,105)106)80(70-94)111-91(87)110-77-67-79(97)88(112-85(102)66-74(96)60-54-48-42-34-28-22-16-10-4)78(72-107-71-77)92-81(98)65-73(95)59-53-47-41-33-27-21-15-9-3/h73-80,87-91,94-97H,7-72H2,1-6H3,(H,92,98)(H,93,99)(H2,104,105,106)/t73-,74-,75-,76-,77?,78?,79-,80?,87?,88?,89-,90?,91-/m1/s1. The predicted molar refractivity (Wildman–Crippen MR) is 455 cm³/mol. The number of amides is 2. The number of rotatable bonds is 77. The quantitative estimate of drug-likeness (QED) is 0.0121. The van der Waals surface area contributed by atoms with E-state index in [1.165, 1.54) is 89.9 Å². The maximum Gasteiger partial charge on any atom is 0.470 e. The summed E-state index contributed by atoms with van der Waals surface area (Å²) in [6.07, 6.45) is 37.4. The lowest BCUT2D eigenvalue weighted by Crippen LogP contribution is -2.67. The van der Waals surface area contributed by atoms with Crippen LogP contribution in [-0.2, 0) is 71.0 Å². The lowest BCUT2D eigenvalue weighted by molar-refractivity contribution is -0.289. The van der Waals surface area contributed by atoms with Crippen molar-refractivity contribution in [2.75, 3.05) is 19.8 Å². The average Bonchev–Trinajstić information content (AvgIpc) is 0.776. The summed E-state index contributed by atoms with van der Waals surface area (Å²) in [5, 5.41) is 51.6. The molecule has 0 radical (unpaired) electrons. The molecule has 115 heavy (non-hydrogen) atoms. The number of hydrogen-bond donors (Lipinski definition) is 8. The Balaban J connectivity index is 2.74. The van der Waals surface area contributed by atoms with Crippen LogP contribution in [0, 0.1) is 0 Å². The minimum Gasteiger partial charge on any atom is -0.462 e. The average molecular weight is 1660 g/mol. The van der Waals surface area contributed by atoms with Gasteiger partial charge in [-0.25, -0.2) is 4.57 Å². The second-order valence-electron chi connectivity index (χ2n) is 33.8. The molecule has 24 heteroatoms. The molecule has 2 saturated heterocycles. The molecule has 6 unspecified atom stereocenters. The van der Waals surface area contributed by atoms with Gasteiger partial charge in [-0.05, 0) is 51.4 Å². The molecular weight excluding hydrogens is 1490 g/mol. The van der Waals surface area contributed by atoms with E-state index in [2.05, 4.69) is 52.2 Å². The number of phosphoric ester groups is 1. The van der Waals surface area contributed by atoms with E-state index in [4.69, 9.17) is 37.7 Å². The number of carbonyl (C=O) groups is 6. The van der Waals surface area contributed by atoms with Crippen molar-refractivity contribution >= 4 is 43.5 Å². The third-order valence-electron chi connectivity index (χ3n) is 22.7. The van der Waals surface area contributed by atoms with E-state index >= 15 is 4.79 Å². The molecule has 676 valence electrons. The van der Waals surface area contributed by atoms with Crippen molar-refractivity contribution in [3.63, 3.8) is 0 Å². The van der Waals surface area contributed by atoms with Crippen LogP contribution in [0.2, 0.25) is 0 Å². The van der Waals surface area contributed by atoms with E-state index < -0.39 is 155 Å². The van der Waals surface area contributed by atoms with Gasteiger partial charge < -0.3 is 74.0 Å². The van der Waals surface area contributed by atoms with Gasteiger partial charge in [-0.3, -0.25) is 33.3 Å². The zero-order valence-corrected chi connectivity index (χ0v) is 74.3. The summed E-state index contributed by atoms with van der Waals surface area (Å²) in [5.41, 5.74) is 0. The summed E-state index contributed by atoms with van der Waals surface area (Å²) in [7, 11) is -5.59. The van der Waals surface area contributed by atoms with Gasteiger partial charge in [0.15, 0.2) is 12.4 Å². The van der Waals surface area contributed by atoms with Crippen LogP contribution in [0.4, 0.5) is 0 Å². The van der Waals surface area contributed by atoms with Crippen molar-refractivity contribution in [3.05, 3.63) is 0 Å². The Morgan fingerprint density at radius 3 is 1.13 bits per heavy atom. The zero-order valence-electron chi connectivity index (χ0n) is 73.4. The fourth-order valence-electron chi connectivity index (χ4n) is 15.8. The summed E-state index contributed by atoms with van der Waals surface area (Å²) in [5.74, 6) is -4.16. The number of carbonyl (C=O) groups excluding carboxylic acids is 6. The number of aliphatic hydroxyl groups excluding tert-OH is 4. The molecule has 0 aromatic rings. The molecule has 2 amide bonds. The van der Waals surface area contributed by atoms with Crippen LogP contribution in [-0.4, -0.2) is 165 Å². The highest BCUT2D eigenvalue weighted by Gasteiger charge is 2.53. The minimum atomic E-state index is -5.59. The van der Waals surface area contributed by atoms with E-state index in [1.54, 1.807) is 0 Å². The molecule has 8 N–H and O–H groups in total. The number of esters is 4. The van der Waals surface area contributed by atoms with E-state index in [0.717, 1.165) is 212 Å². The van der Waals surface area contributed by atoms with E-state index in [1.807, 2.05) is 0 Å². The van der Waals surface area contributed by atoms with E-state index in [9.17, 15) is 58.8 Å². The van der Waals surface area contributed by atoms with Gasteiger partial charge >= 0.3 is 31.7 Å². The molecule has 0 aliphatic carbocycles. The van der Waals surface area contributed by atoms with Crippen LogP contribution < -0.4 is 10.6 Å². The first kappa shape index (κ1) is 108. The molecule has 2 heterocycles. The smallest absolute Gasteiger partial charge is 0.462 e. The number of unbranched alkanes of at least 4 members (excludes halogenated alkanes) is 46. The van der Waals surface area contributed by atoms with Crippen LogP contribution in [0.3, 0.4) is 0 Å². The van der Waals surface area contributed by atoms with Gasteiger partial charge in [-0.15, -0.1) is 0 Å². The SMILES string of the molecule is CCCCCCCCCCCCC(=O)O[C@H](CCCCCCCCCC)CC(=O)NC1C(OC(=O)C[C@@H](CCCCCCCCCC)OC(=O)CCCCCCCCCCCC)[C@H](OP(=O)(O)O)C(CO)O[C@H]1OC1COCC(NC(=O)C[C@H](O)CCCCCCCCCC)C(OC(=O)C[C@H](O)CCCCCCCCCC)[C@H](O)C1.